The zero-order chi connectivity index (χ0) is 15.4. The Morgan fingerprint density at radius 3 is 2.81 bits per heavy atom. The summed E-state index contributed by atoms with van der Waals surface area (Å²) in [6.45, 7) is 6.10. The molecule has 0 spiro atoms. The molecule has 112 valence electrons. The molecule has 1 aromatic carbocycles. The Bertz CT molecular complexity index is 643. The summed E-state index contributed by atoms with van der Waals surface area (Å²) in [6, 6.07) is 6.91. The van der Waals surface area contributed by atoms with E-state index in [0.29, 0.717) is 11.6 Å². The standard InChI is InChI=1S/C16H19ClN2O2/c1-4-21-16(20)15(19-10(2)3)12-7-8-13(17)11-6-5-9-18-14(11)12/h5-10,15,19H,4H2,1-3H3. The summed E-state index contributed by atoms with van der Waals surface area (Å²) in [6.07, 6.45) is 1.69. The van der Waals surface area contributed by atoms with Gasteiger partial charge in [-0.1, -0.05) is 17.7 Å². The Kier molecular flexibility index (Phi) is 5.15. The maximum absolute atomic E-state index is 12.3. The Labute approximate surface area is 129 Å². The van der Waals surface area contributed by atoms with Crippen LogP contribution in [0.3, 0.4) is 0 Å². The number of rotatable bonds is 5. The molecule has 1 N–H and O–H groups in total. The van der Waals surface area contributed by atoms with Gasteiger partial charge < -0.3 is 4.74 Å². The number of ether oxygens (including phenoxy) is 1. The van der Waals surface area contributed by atoms with Crippen molar-refractivity contribution < 1.29 is 9.53 Å². The van der Waals surface area contributed by atoms with Gasteiger partial charge >= 0.3 is 5.97 Å². The fourth-order valence-electron chi connectivity index (χ4n) is 2.24. The van der Waals surface area contributed by atoms with Gasteiger partial charge in [-0.3, -0.25) is 10.3 Å². The van der Waals surface area contributed by atoms with Gasteiger partial charge in [0.2, 0.25) is 0 Å². The van der Waals surface area contributed by atoms with E-state index in [2.05, 4.69) is 10.3 Å². The topological polar surface area (TPSA) is 51.2 Å². The molecular formula is C16H19ClN2O2. The van der Waals surface area contributed by atoms with E-state index >= 15 is 0 Å². The number of hydrogen-bond donors (Lipinski definition) is 1. The van der Waals surface area contributed by atoms with Crippen molar-refractivity contribution in [3.8, 4) is 0 Å². The molecule has 2 aromatic rings. The lowest BCUT2D eigenvalue weighted by Gasteiger charge is -2.21. The van der Waals surface area contributed by atoms with Crippen LogP contribution in [0.2, 0.25) is 5.02 Å². The molecule has 4 nitrogen and oxygen atoms in total. The number of halogens is 1. The van der Waals surface area contributed by atoms with Crippen molar-refractivity contribution in [1.29, 1.82) is 0 Å². The molecule has 0 aliphatic rings. The number of benzene rings is 1. The molecule has 1 atom stereocenters. The number of fused-ring (bicyclic) bond motifs is 1. The van der Waals surface area contributed by atoms with Crippen LogP contribution in [-0.4, -0.2) is 23.6 Å². The molecule has 1 unspecified atom stereocenters. The lowest BCUT2D eigenvalue weighted by atomic mass is 10.0. The molecule has 0 amide bonds. The molecule has 0 radical (unpaired) electrons. The summed E-state index contributed by atoms with van der Waals surface area (Å²) in [5, 5.41) is 4.68. The van der Waals surface area contributed by atoms with Crippen molar-refractivity contribution >= 4 is 28.5 Å². The lowest BCUT2D eigenvalue weighted by molar-refractivity contribution is -0.146. The van der Waals surface area contributed by atoms with Gasteiger partial charge in [0.05, 0.1) is 12.1 Å². The molecule has 21 heavy (non-hydrogen) atoms. The van der Waals surface area contributed by atoms with Gasteiger partial charge in [0.15, 0.2) is 0 Å². The van der Waals surface area contributed by atoms with E-state index in [9.17, 15) is 4.79 Å². The summed E-state index contributed by atoms with van der Waals surface area (Å²) in [7, 11) is 0. The molecule has 0 saturated heterocycles. The highest BCUT2D eigenvalue weighted by Crippen LogP contribution is 2.29. The molecular weight excluding hydrogens is 288 g/mol. The minimum Gasteiger partial charge on any atom is -0.465 e. The predicted molar refractivity (Wildman–Crippen MR) is 84.4 cm³/mol. The third kappa shape index (κ3) is 3.52. The molecule has 5 heteroatoms. The van der Waals surface area contributed by atoms with E-state index in [1.807, 2.05) is 32.0 Å². The van der Waals surface area contributed by atoms with Crippen LogP contribution in [0.1, 0.15) is 32.4 Å². The highest BCUT2D eigenvalue weighted by atomic mass is 35.5. The predicted octanol–water partition coefficient (Wildman–Crippen LogP) is 3.49. The van der Waals surface area contributed by atoms with E-state index in [4.69, 9.17) is 16.3 Å². The van der Waals surface area contributed by atoms with Crippen molar-refractivity contribution in [2.45, 2.75) is 32.9 Å². The first-order valence-corrected chi connectivity index (χ1v) is 7.38. The number of nitrogens with zero attached hydrogens (tertiary/aromatic N) is 1. The van der Waals surface area contributed by atoms with Gasteiger partial charge in [0.1, 0.15) is 6.04 Å². The number of pyridine rings is 1. The van der Waals surface area contributed by atoms with Crippen LogP contribution in [0.4, 0.5) is 0 Å². The van der Waals surface area contributed by atoms with Crippen molar-refractivity contribution in [2.75, 3.05) is 6.61 Å². The van der Waals surface area contributed by atoms with Gasteiger partial charge in [-0.15, -0.1) is 0 Å². The summed E-state index contributed by atoms with van der Waals surface area (Å²) in [5.74, 6) is -0.305. The summed E-state index contributed by atoms with van der Waals surface area (Å²) < 4.78 is 5.18. The van der Waals surface area contributed by atoms with Gasteiger partial charge in [0.25, 0.3) is 0 Å². The average molecular weight is 307 g/mol. The molecule has 1 heterocycles. The van der Waals surface area contributed by atoms with Crippen molar-refractivity contribution in [3.63, 3.8) is 0 Å². The maximum atomic E-state index is 12.3. The van der Waals surface area contributed by atoms with Crippen LogP contribution < -0.4 is 5.32 Å². The zero-order valence-electron chi connectivity index (χ0n) is 12.4. The number of aromatic nitrogens is 1. The van der Waals surface area contributed by atoms with Crippen LogP contribution in [0.15, 0.2) is 30.5 Å². The number of carbonyl (C=O) groups excluding carboxylic acids is 1. The second-order valence-corrected chi connectivity index (χ2v) is 5.45. The molecule has 0 fully saturated rings. The quantitative estimate of drug-likeness (QED) is 0.859. The first kappa shape index (κ1) is 15.7. The SMILES string of the molecule is CCOC(=O)C(NC(C)C)c1ccc(Cl)c2cccnc12. The number of esters is 1. The summed E-state index contributed by atoms with van der Waals surface area (Å²) in [5.41, 5.74) is 1.50. The molecule has 2 rings (SSSR count). The van der Waals surface area contributed by atoms with E-state index < -0.39 is 6.04 Å². The summed E-state index contributed by atoms with van der Waals surface area (Å²) >= 11 is 6.20. The van der Waals surface area contributed by atoms with Gasteiger partial charge in [-0.25, -0.2) is 4.79 Å². The molecule has 0 aliphatic carbocycles. The van der Waals surface area contributed by atoms with Gasteiger partial charge in [-0.2, -0.15) is 0 Å². The molecule has 1 aromatic heterocycles. The van der Waals surface area contributed by atoms with Crippen LogP contribution >= 0.6 is 11.6 Å². The minimum absolute atomic E-state index is 0.133. The van der Waals surface area contributed by atoms with Crippen LogP contribution in [-0.2, 0) is 9.53 Å². The van der Waals surface area contributed by atoms with Gasteiger partial charge in [-0.05, 0) is 39.0 Å². The first-order valence-electron chi connectivity index (χ1n) is 7.00. The zero-order valence-corrected chi connectivity index (χ0v) is 13.1. The second-order valence-electron chi connectivity index (χ2n) is 5.04. The second kappa shape index (κ2) is 6.87. The average Bonchev–Trinajstić information content (AvgIpc) is 2.46. The molecule has 0 aliphatic heterocycles. The summed E-state index contributed by atoms with van der Waals surface area (Å²) in [4.78, 5) is 16.6. The number of nitrogens with one attached hydrogen (secondary N) is 1. The van der Waals surface area contributed by atoms with Crippen molar-refractivity contribution in [2.24, 2.45) is 0 Å². The van der Waals surface area contributed by atoms with Crippen LogP contribution in [0.25, 0.3) is 10.9 Å². The van der Waals surface area contributed by atoms with Gasteiger partial charge in [0, 0.05) is 28.2 Å². The van der Waals surface area contributed by atoms with E-state index in [1.54, 1.807) is 19.2 Å². The maximum Gasteiger partial charge on any atom is 0.327 e. The fraction of sp³-hybridized carbons (Fsp3) is 0.375. The smallest absolute Gasteiger partial charge is 0.327 e. The Balaban J connectivity index is 2.54. The normalized spacial score (nSPS) is 12.6. The monoisotopic (exact) mass is 306 g/mol. The van der Waals surface area contributed by atoms with Crippen molar-refractivity contribution in [1.82, 2.24) is 10.3 Å². The van der Waals surface area contributed by atoms with E-state index in [0.717, 1.165) is 16.5 Å². The van der Waals surface area contributed by atoms with E-state index in [-0.39, 0.29) is 12.0 Å². The molecule has 0 saturated carbocycles. The number of carbonyl (C=O) groups is 1. The first-order chi connectivity index (χ1) is 10.0. The lowest BCUT2D eigenvalue weighted by Crippen LogP contribution is -2.35. The number of hydrogen-bond acceptors (Lipinski definition) is 4. The Hall–Kier alpha value is -1.65. The fourth-order valence-corrected chi connectivity index (χ4v) is 2.45. The van der Waals surface area contributed by atoms with E-state index in [1.165, 1.54) is 0 Å². The highest BCUT2D eigenvalue weighted by molar-refractivity contribution is 6.35. The Morgan fingerprint density at radius 2 is 2.14 bits per heavy atom. The Morgan fingerprint density at radius 1 is 1.38 bits per heavy atom. The van der Waals surface area contributed by atoms with Crippen LogP contribution in [0.5, 0.6) is 0 Å². The largest absolute Gasteiger partial charge is 0.465 e. The third-order valence-electron chi connectivity index (χ3n) is 3.08. The minimum atomic E-state index is -0.556. The van der Waals surface area contributed by atoms with Crippen molar-refractivity contribution in [3.05, 3.63) is 41.0 Å². The highest BCUT2D eigenvalue weighted by Gasteiger charge is 2.25. The molecule has 0 bridgehead atoms. The third-order valence-corrected chi connectivity index (χ3v) is 3.41. The van der Waals surface area contributed by atoms with Crippen LogP contribution in [0, 0.1) is 0 Å².